The van der Waals surface area contributed by atoms with Crippen molar-refractivity contribution in [1.29, 1.82) is 0 Å². The van der Waals surface area contributed by atoms with Crippen molar-refractivity contribution in [2.75, 3.05) is 0 Å². The first-order chi connectivity index (χ1) is 14.9. The van der Waals surface area contributed by atoms with Crippen LogP contribution in [0.15, 0.2) is 56.7 Å². The van der Waals surface area contributed by atoms with Crippen LogP contribution in [-0.4, -0.2) is 51.0 Å². The van der Waals surface area contributed by atoms with Gasteiger partial charge in [0.15, 0.2) is 23.3 Å². The third-order valence-electron chi connectivity index (χ3n) is 4.73. The molecule has 160 valence electrons. The first kappa shape index (κ1) is 20.3. The number of aliphatic carboxylic acids is 1. The number of hydrogen-bond acceptors (Lipinski definition) is 8. The van der Waals surface area contributed by atoms with Crippen LogP contribution in [0.1, 0.15) is 24.1 Å². The van der Waals surface area contributed by atoms with Crippen LogP contribution in [-0.2, 0) is 20.7 Å². The molecule has 0 saturated carbocycles. The zero-order chi connectivity index (χ0) is 22.0. The zero-order valence-electron chi connectivity index (χ0n) is 16.8. The Hall–Kier alpha value is -3.95. The summed E-state index contributed by atoms with van der Waals surface area (Å²) in [5.41, 5.74) is 1.53. The summed E-state index contributed by atoms with van der Waals surface area (Å²) in [5.74, 6) is -0.831. The molecule has 2 N–H and O–H groups in total. The lowest BCUT2D eigenvalue weighted by Crippen LogP contribution is -2.48. The number of aryl methyl sites for hydroxylation is 1. The molecule has 10 nitrogen and oxygen atoms in total. The van der Waals surface area contributed by atoms with Gasteiger partial charge in [-0.3, -0.25) is 4.79 Å². The number of carboxylic acid groups (broad SMARTS) is 1. The van der Waals surface area contributed by atoms with Crippen LogP contribution in [0.5, 0.6) is 0 Å². The minimum atomic E-state index is -1.13. The molecule has 1 amide bonds. The molecule has 1 unspecified atom stereocenters. The monoisotopic (exact) mass is 424 g/mol. The largest absolute Gasteiger partial charge is 0.480 e. The molecule has 0 radical (unpaired) electrons. The first-order valence-corrected chi connectivity index (χ1v) is 9.60. The summed E-state index contributed by atoms with van der Waals surface area (Å²) in [7, 11) is 0. The average Bonchev–Trinajstić information content (AvgIpc) is 3.47. The van der Waals surface area contributed by atoms with Crippen LogP contribution in [0.2, 0.25) is 0 Å². The van der Waals surface area contributed by atoms with Crippen molar-refractivity contribution in [3.63, 3.8) is 0 Å². The van der Waals surface area contributed by atoms with E-state index in [0.717, 1.165) is 5.56 Å². The molecule has 2 aromatic heterocycles. The molecule has 0 saturated heterocycles. The number of benzene rings is 1. The Kier molecular flexibility index (Phi) is 5.52. The zero-order valence-corrected chi connectivity index (χ0v) is 16.8. The second-order valence-electron chi connectivity index (χ2n) is 7.08. The summed E-state index contributed by atoms with van der Waals surface area (Å²) >= 11 is 0. The number of hydrogen-bond donors (Lipinski definition) is 2. The maximum atomic E-state index is 12.7. The van der Waals surface area contributed by atoms with Gasteiger partial charge in [0.1, 0.15) is 24.7 Å². The van der Waals surface area contributed by atoms with Crippen LogP contribution in [0.3, 0.4) is 0 Å². The van der Waals surface area contributed by atoms with Gasteiger partial charge in [0.2, 0.25) is 17.7 Å². The Labute approximate surface area is 177 Å². The molecule has 3 heterocycles. The van der Waals surface area contributed by atoms with Gasteiger partial charge in [-0.15, -0.1) is 0 Å². The molecule has 31 heavy (non-hydrogen) atoms. The van der Waals surface area contributed by atoms with Gasteiger partial charge in [-0.05, 0) is 12.5 Å². The highest BCUT2D eigenvalue weighted by Gasteiger charge is 2.36. The molecular weight excluding hydrogens is 404 g/mol. The van der Waals surface area contributed by atoms with E-state index in [-0.39, 0.29) is 18.2 Å². The number of nitrogens with one attached hydrogen (secondary N) is 1. The molecule has 3 atom stereocenters. The van der Waals surface area contributed by atoms with Crippen LogP contribution < -0.4 is 5.32 Å². The van der Waals surface area contributed by atoms with Crippen molar-refractivity contribution in [1.82, 2.24) is 15.3 Å². The summed E-state index contributed by atoms with van der Waals surface area (Å²) in [6, 6.07) is 7.07. The summed E-state index contributed by atoms with van der Waals surface area (Å²) in [6.07, 6.45) is 2.32. The quantitative estimate of drug-likeness (QED) is 0.587. The average molecular weight is 424 g/mol. The number of carbonyl (C=O) groups excluding carboxylic acids is 1. The number of aromatic nitrogens is 2. The maximum absolute atomic E-state index is 12.7. The fraction of sp³-hybridized carbons (Fsp3) is 0.286. The lowest BCUT2D eigenvalue weighted by atomic mass is 10.1. The van der Waals surface area contributed by atoms with E-state index < -0.39 is 30.1 Å². The van der Waals surface area contributed by atoms with Gasteiger partial charge in [0.25, 0.3) is 0 Å². The van der Waals surface area contributed by atoms with Crippen molar-refractivity contribution in [2.45, 2.75) is 38.5 Å². The molecule has 4 rings (SSSR count). The van der Waals surface area contributed by atoms with Crippen LogP contribution in [0.25, 0.3) is 11.6 Å². The summed E-state index contributed by atoms with van der Waals surface area (Å²) in [4.78, 5) is 37.1. The summed E-state index contributed by atoms with van der Waals surface area (Å²) in [5, 5.41) is 12.1. The van der Waals surface area contributed by atoms with Crippen LogP contribution in [0.4, 0.5) is 0 Å². The van der Waals surface area contributed by atoms with Crippen LogP contribution in [0, 0.1) is 6.92 Å². The number of aliphatic imine (C=N–C) groups is 1. The minimum Gasteiger partial charge on any atom is -0.480 e. The van der Waals surface area contributed by atoms with E-state index >= 15 is 0 Å². The SMILES string of the molecule is Cc1nc(-c2nc(C3=N[C@H](C(=O)N[C@@H](Cc4ccccc4)C(=O)O)C(C)O3)co2)co1. The number of ether oxygens (including phenoxy) is 1. The van der Waals surface area contributed by atoms with Gasteiger partial charge in [-0.2, -0.15) is 0 Å². The Balaban J connectivity index is 1.47. The number of oxazole rings is 2. The van der Waals surface area contributed by atoms with Crippen molar-refractivity contribution >= 4 is 17.8 Å². The fourth-order valence-electron chi connectivity index (χ4n) is 3.16. The van der Waals surface area contributed by atoms with E-state index in [1.165, 1.54) is 12.5 Å². The predicted octanol–water partition coefficient (Wildman–Crippen LogP) is 1.98. The Morgan fingerprint density at radius 2 is 1.87 bits per heavy atom. The van der Waals surface area contributed by atoms with E-state index in [9.17, 15) is 14.7 Å². The molecule has 1 aromatic carbocycles. The van der Waals surface area contributed by atoms with Gasteiger partial charge in [-0.25, -0.2) is 19.8 Å². The van der Waals surface area contributed by atoms with Crippen molar-refractivity contribution in [3.8, 4) is 11.6 Å². The first-order valence-electron chi connectivity index (χ1n) is 9.60. The highest BCUT2D eigenvalue weighted by atomic mass is 16.5. The van der Waals surface area contributed by atoms with E-state index in [2.05, 4.69) is 20.3 Å². The lowest BCUT2D eigenvalue weighted by molar-refractivity contribution is -0.142. The van der Waals surface area contributed by atoms with E-state index in [1.807, 2.05) is 18.2 Å². The smallest absolute Gasteiger partial charge is 0.326 e. The molecular formula is C21H20N4O6. The molecule has 0 bridgehead atoms. The Bertz CT molecular complexity index is 1120. The topological polar surface area (TPSA) is 140 Å². The van der Waals surface area contributed by atoms with Crippen LogP contribution >= 0.6 is 0 Å². The Morgan fingerprint density at radius 1 is 1.13 bits per heavy atom. The second kappa shape index (κ2) is 8.42. The fourth-order valence-corrected chi connectivity index (χ4v) is 3.16. The van der Waals surface area contributed by atoms with Crippen molar-refractivity contribution in [2.24, 2.45) is 4.99 Å². The summed E-state index contributed by atoms with van der Waals surface area (Å²) in [6.45, 7) is 3.38. The van der Waals surface area contributed by atoms with Gasteiger partial charge in [0.05, 0.1) is 0 Å². The highest BCUT2D eigenvalue weighted by molar-refractivity contribution is 5.98. The molecule has 0 fully saturated rings. The molecule has 0 aliphatic carbocycles. The number of amides is 1. The van der Waals surface area contributed by atoms with E-state index in [1.54, 1.807) is 26.0 Å². The lowest BCUT2D eigenvalue weighted by Gasteiger charge is -2.18. The highest BCUT2D eigenvalue weighted by Crippen LogP contribution is 2.22. The number of carbonyl (C=O) groups is 2. The Morgan fingerprint density at radius 3 is 2.55 bits per heavy atom. The van der Waals surface area contributed by atoms with Gasteiger partial charge >= 0.3 is 5.97 Å². The molecule has 10 heteroatoms. The molecule has 1 aliphatic heterocycles. The van der Waals surface area contributed by atoms with Gasteiger partial charge in [-0.1, -0.05) is 30.3 Å². The molecule has 3 aromatic rings. The van der Waals surface area contributed by atoms with Crippen molar-refractivity contribution < 1.29 is 28.3 Å². The van der Waals surface area contributed by atoms with Crippen molar-refractivity contribution in [3.05, 3.63) is 60.0 Å². The van der Waals surface area contributed by atoms with E-state index in [4.69, 9.17) is 13.6 Å². The number of nitrogens with zero attached hydrogens (tertiary/aromatic N) is 3. The van der Waals surface area contributed by atoms with Gasteiger partial charge < -0.3 is 24.0 Å². The second-order valence-corrected chi connectivity index (χ2v) is 7.08. The third kappa shape index (κ3) is 4.47. The summed E-state index contributed by atoms with van der Waals surface area (Å²) < 4.78 is 16.2. The number of rotatable bonds is 7. The van der Waals surface area contributed by atoms with E-state index in [0.29, 0.717) is 17.3 Å². The molecule has 1 aliphatic rings. The third-order valence-corrected chi connectivity index (χ3v) is 4.73. The molecule has 0 spiro atoms. The minimum absolute atomic E-state index is 0.137. The van der Waals surface area contributed by atoms with Gasteiger partial charge in [0, 0.05) is 13.3 Å². The normalized spacial score (nSPS) is 18.8. The standard InChI is InChI=1S/C21H20N4O6/c1-11-17(18(26)23-14(21(27)28)8-13-6-4-3-5-7-13)25-20(31-11)16-10-30-19(24-16)15-9-29-12(2)22-15/h3-7,9-11,14,17H,8H2,1-2H3,(H,23,26)(H,27,28)/t11?,14-,17-/m0/s1. The maximum Gasteiger partial charge on any atom is 0.326 e. The predicted molar refractivity (Wildman–Crippen MR) is 107 cm³/mol. The number of carboxylic acids is 1.